The van der Waals surface area contributed by atoms with E-state index in [1.165, 1.54) is 51.4 Å². The lowest BCUT2D eigenvalue weighted by Crippen LogP contribution is -2.49. The molecule has 4 aliphatic rings. The summed E-state index contributed by atoms with van der Waals surface area (Å²) < 4.78 is 0. The molecule has 162 valence electrons. The lowest BCUT2D eigenvalue weighted by atomic mass is 9.47. The molecule has 0 heterocycles. The molecule has 0 bridgehead atoms. The zero-order valence-corrected chi connectivity index (χ0v) is 20.1. The molecule has 0 aliphatic heterocycles. The SMILES string of the molecule is CCC(/C=C/[C@@H](C)C1CCC2C3CC=C4C=CCCC4(C)C3CCC21C)C(C)C. The Morgan fingerprint density at radius 2 is 1.83 bits per heavy atom. The zero-order valence-electron chi connectivity index (χ0n) is 20.1. The average Bonchev–Trinajstić information content (AvgIpc) is 3.05. The van der Waals surface area contributed by atoms with Crippen molar-refractivity contribution in [1.82, 2.24) is 0 Å². The van der Waals surface area contributed by atoms with Gasteiger partial charge in [-0.1, -0.05) is 71.9 Å². The minimum atomic E-state index is 0.466. The van der Waals surface area contributed by atoms with Gasteiger partial charge in [-0.2, -0.15) is 0 Å². The smallest absolute Gasteiger partial charge is 0.00445 e. The third-order valence-electron chi connectivity index (χ3n) is 10.4. The highest BCUT2D eigenvalue weighted by molar-refractivity contribution is 5.34. The minimum Gasteiger partial charge on any atom is -0.0851 e. The second-order valence-electron chi connectivity index (χ2n) is 11.9. The van der Waals surface area contributed by atoms with Crippen molar-refractivity contribution in [1.29, 1.82) is 0 Å². The molecule has 0 saturated heterocycles. The van der Waals surface area contributed by atoms with E-state index < -0.39 is 0 Å². The molecule has 0 spiro atoms. The Kier molecular flexibility index (Phi) is 5.95. The van der Waals surface area contributed by atoms with Crippen molar-refractivity contribution >= 4 is 0 Å². The van der Waals surface area contributed by atoms with E-state index in [1.54, 1.807) is 5.57 Å². The molecule has 2 fully saturated rings. The highest BCUT2D eigenvalue weighted by Gasteiger charge is 2.58. The second-order valence-corrected chi connectivity index (χ2v) is 11.9. The fourth-order valence-electron chi connectivity index (χ4n) is 8.49. The first kappa shape index (κ1) is 21.5. The lowest BCUT2D eigenvalue weighted by molar-refractivity contribution is -0.0410. The van der Waals surface area contributed by atoms with Crippen LogP contribution in [0, 0.1) is 52.3 Å². The van der Waals surface area contributed by atoms with Gasteiger partial charge >= 0.3 is 0 Å². The van der Waals surface area contributed by atoms with Gasteiger partial charge in [0.1, 0.15) is 0 Å². The molecule has 7 unspecified atom stereocenters. The molecule has 0 amide bonds. The first-order chi connectivity index (χ1) is 13.8. The van der Waals surface area contributed by atoms with E-state index in [-0.39, 0.29) is 0 Å². The third-order valence-corrected chi connectivity index (χ3v) is 10.4. The summed E-state index contributed by atoms with van der Waals surface area (Å²) in [7, 11) is 0. The van der Waals surface area contributed by atoms with Gasteiger partial charge in [0.15, 0.2) is 0 Å². The molecule has 0 heteroatoms. The second kappa shape index (κ2) is 8.05. The third kappa shape index (κ3) is 3.51. The Balaban J connectivity index is 1.53. The molecule has 0 aromatic heterocycles. The van der Waals surface area contributed by atoms with Gasteiger partial charge in [0.05, 0.1) is 0 Å². The summed E-state index contributed by atoms with van der Waals surface area (Å²) in [5.41, 5.74) is 2.71. The summed E-state index contributed by atoms with van der Waals surface area (Å²) in [5, 5.41) is 0. The Hall–Kier alpha value is -0.780. The summed E-state index contributed by atoms with van der Waals surface area (Å²) >= 11 is 0. The van der Waals surface area contributed by atoms with E-state index in [9.17, 15) is 0 Å². The van der Waals surface area contributed by atoms with Crippen molar-refractivity contribution in [3.63, 3.8) is 0 Å². The molecule has 4 rings (SSSR count). The van der Waals surface area contributed by atoms with Gasteiger partial charge in [-0.05, 0) is 109 Å². The van der Waals surface area contributed by atoms with Crippen LogP contribution < -0.4 is 0 Å². The normalized spacial score (nSPS) is 43.6. The largest absolute Gasteiger partial charge is 0.0851 e. The Morgan fingerprint density at radius 1 is 1.03 bits per heavy atom. The van der Waals surface area contributed by atoms with Crippen LogP contribution in [-0.2, 0) is 0 Å². The van der Waals surface area contributed by atoms with Crippen LogP contribution in [0.1, 0.15) is 92.9 Å². The molecule has 0 aromatic carbocycles. The lowest BCUT2D eigenvalue weighted by Gasteiger charge is -2.57. The van der Waals surface area contributed by atoms with Gasteiger partial charge in [0, 0.05) is 0 Å². The monoisotopic (exact) mass is 394 g/mol. The van der Waals surface area contributed by atoms with Crippen molar-refractivity contribution in [3.8, 4) is 0 Å². The summed E-state index contributed by atoms with van der Waals surface area (Å²) in [4.78, 5) is 0. The molecular formula is C29H46. The molecule has 0 N–H and O–H groups in total. The number of hydrogen-bond acceptors (Lipinski definition) is 0. The van der Waals surface area contributed by atoms with Crippen LogP contribution in [0.25, 0.3) is 0 Å². The summed E-state index contributed by atoms with van der Waals surface area (Å²) in [6, 6.07) is 0. The van der Waals surface area contributed by atoms with E-state index in [2.05, 4.69) is 71.9 Å². The molecule has 0 radical (unpaired) electrons. The molecule has 0 nitrogen and oxygen atoms in total. The van der Waals surface area contributed by atoms with Crippen molar-refractivity contribution in [2.24, 2.45) is 52.3 Å². The Bertz CT molecular complexity index is 678. The van der Waals surface area contributed by atoms with Crippen LogP contribution in [0.3, 0.4) is 0 Å². The summed E-state index contributed by atoms with van der Waals surface area (Å²) in [5.74, 6) is 5.96. The maximum absolute atomic E-state index is 2.69. The number of hydrogen-bond donors (Lipinski definition) is 0. The van der Waals surface area contributed by atoms with Crippen LogP contribution in [0.4, 0.5) is 0 Å². The van der Waals surface area contributed by atoms with Crippen LogP contribution in [0.5, 0.6) is 0 Å². The van der Waals surface area contributed by atoms with Crippen molar-refractivity contribution in [3.05, 3.63) is 36.0 Å². The quantitative estimate of drug-likeness (QED) is 0.409. The van der Waals surface area contributed by atoms with Crippen molar-refractivity contribution in [2.75, 3.05) is 0 Å². The van der Waals surface area contributed by atoms with Gasteiger partial charge in [-0.25, -0.2) is 0 Å². The van der Waals surface area contributed by atoms with Crippen LogP contribution >= 0.6 is 0 Å². The molecule has 2 saturated carbocycles. The molecule has 29 heavy (non-hydrogen) atoms. The van der Waals surface area contributed by atoms with Gasteiger partial charge < -0.3 is 0 Å². The standard InChI is InChI=1S/C29H46/c1-7-22(20(2)3)12-11-21(4)25-15-16-26-24-14-13-23-10-8-9-18-28(23,5)27(24)17-19-29(25,26)6/h8,10-13,20-22,24-27H,7,9,14-19H2,1-6H3/b12-11+/t21-,22?,24?,25?,26?,27?,28?,29?/m1/s1. The van der Waals surface area contributed by atoms with Gasteiger partial charge in [0.2, 0.25) is 0 Å². The zero-order chi connectivity index (χ0) is 20.8. The van der Waals surface area contributed by atoms with Crippen LogP contribution in [0.2, 0.25) is 0 Å². The first-order valence-electron chi connectivity index (χ1n) is 12.9. The number of fused-ring (bicyclic) bond motifs is 5. The van der Waals surface area contributed by atoms with E-state index in [4.69, 9.17) is 0 Å². The maximum atomic E-state index is 2.69. The van der Waals surface area contributed by atoms with Crippen LogP contribution in [-0.4, -0.2) is 0 Å². The Morgan fingerprint density at radius 3 is 2.55 bits per heavy atom. The van der Waals surface area contributed by atoms with Gasteiger partial charge in [-0.3, -0.25) is 0 Å². The van der Waals surface area contributed by atoms with E-state index >= 15 is 0 Å². The fourth-order valence-corrected chi connectivity index (χ4v) is 8.49. The molecule has 8 atom stereocenters. The number of allylic oxidation sites excluding steroid dienone is 6. The molecule has 4 aliphatic carbocycles. The summed E-state index contributed by atoms with van der Waals surface area (Å²) in [6.45, 7) is 14.9. The van der Waals surface area contributed by atoms with Gasteiger partial charge in [0.25, 0.3) is 0 Å². The predicted molar refractivity (Wildman–Crippen MR) is 127 cm³/mol. The van der Waals surface area contributed by atoms with E-state index in [0.717, 1.165) is 41.4 Å². The molecule has 0 aromatic rings. The number of rotatable bonds is 5. The summed E-state index contributed by atoms with van der Waals surface area (Å²) in [6.07, 6.45) is 23.9. The van der Waals surface area contributed by atoms with E-state index in [0.29, 0.717) is 10.8 Å². The minimum absolute atomic E-state index is 0.466. The highest BCUT2D eigenvalue weighted by Crippen LogP contribution is 2.66. The first-order valence-corrected chi connectivity index (χ1v) is 12.9. The van der Waals surface area contributed by atoms with Crippen molar-refractivity contribution < 1.29 is 0 Å². The molecular weight excluding hydrogens is 348 g/mol. The average molecular weight is 395 g/mol. The fraction of sp³-hybridized carbons (Fsp3) is 0.793. The highest BCUT2D eigenvalue weighted by atomic mass is 14.6. The van der Waals surface area contributed by atoms with E-state index in [1.807, 2.05) is 0 Å². The van der Waals surface area contributed by atoms with Crippen molar-refractivity contribution in [2.45, 2.75) is 92.9 Å². The predicted octanol–water partition coefficient (Wildman–Crippen LogP) is 8.61. The Labute approximate surface area is 181 Å². The topological polar surface area (TPSA) is 0 Å². The van der Waals surface area contributed by atoms with Crippen LogP contribution in [0.15, 0.2) is 36.0 Å². The maximum Gasteiger partial charge on any atom is -0.00445 e. The van der Waals surface area contributed by atoms with Gasteiger partial charge in [-0.15, -0.1) is 0 Å².